The number of hydrogen-bond donors (Lipinski definition) is 0. The van der Waals surface area contributed by atoms with Gasteiger partial charge in [0.15, 0.2) is 6.10 Å². The molecule has 1 unspecified atom stereocenters. The van der Waals surface area contributed by atoms with Gasteiger partial charge in [0.25, 0.3) is 0 Å². The molecule has 470 valence electrons. The van der Waals surface area contributed by atoms with Crippen LogP contribution in [0.15, 0.2) is 36.5 Å². The number of rotatable bonds is 67. The van der Waals surface area contributed by atoms with E-state index in [4.69, 9.17) is 14.2 Å². The molecule has 80 heavy (non-hydrogen) atoms. The van der Waals surface area contributed by atoms with Crippen molar-refractivity contribution in [3.63, 3.8) is 0 Å². The first-order chi connectivity index (χ1) is 39.5. The van der Waals surface area contributed by atoms with Crippen LogP contribution >= 0.6 is 0 Å². The van der Waals surface area contributed by atoms with Gasteiger partial charge in [-0.2, -0.15) is 0 Å². The average molecular weight is 1120 g/mol. The molecule has 0 aromatic carbocycles. The zero-order valence-corrected chi connectivity index (χ0v) is 54.1. The van der Waals surface area contributed by atoms with Gasteiger partial charge in [0.05, 0.1) is 0 Å². The van der Waals surface area contributed by atoms with E-state index in [0.717, 1.165) is 64.2 Å². The van der Waals surface area contributed by atoms with E-state index >= 15 is 0 Å². The summed E-state index contributed by atoms with van der Waals surface area (Å²) in [5.41, 5.74) is 0. The third-order valence-corrected chi connectivity index (χ3v) is 16.4. The van der Waals surface area contributed by atoms with E-state index in [9.17, 15) is 14.4 Å². The highest BCUT2D eigenvalue weighted by Crippen LogP contribution is 2.18. The first kappa shape index (κ1) is 77.6. The monoisotopic (exact) mass is 1120 g/mol. The molecule has 0 aliphatic carbocycles. The predicted molar refractivity (Wildman–Crippen MR) is 349 cm³/mol. The molecular formula is C74H138O6. The molecule has 0 aliphatic rings. The minimum absolute atomic E-state index is 0.0666. The van der Waals surface area contributed by atoms with E-state index < -0.39 is 6.10 Å². The van der Waals surface area contributed by atoms with Crippen molar-refractivity contribution in [2.45, 2.75) is 406 Å². The van der Waals surface area contributed by atoms with Crippen molar-refractivity contribution in [3.8, 4) is 0 Å². The largest absolute Gasteiger partial charge is 0.462 e. The number of ether oxygens (including phenoxy) is 3. The predicted octanol–water partition coefficient (Wildman–Crippen LogP) is 24.7. The van der Waals surface area contributed by atoms with Gasteiger partial charge in [0.1, 0.15) is 13.2 Å². The van der Waals surface area contributed by atoms with Crippen LogP contribution in [0.3, 0.4) is 0 Å². The topological polar surface area (TPSA) is 78.9 Å². The van der Waals surface area contributed by atoms with E-state index in [1.807, 2.05) is 0 Å². The summed E-state index contributed by atoms with van der Waals surface area (Å²) in [5, 5.41) is 0. The summed E-state index contributed by atoms with van der Waals surface area (Å²) in [5.74, 6) is -0.844. The zero-order chi connectivity index (χ0) is 57.8. The number of allylic oxidation sites excluding steroid dienone is 6. The van der Waals surface area contributed by atoms with E-state index in [1.54, 1.807) is 0 Å². The lowest BCUT2D eigenvalue weighted by Gasteiger charge is -2.18. The molecule has 0 heterocycles. The van der Waals surface area contributed by atoms with Crippen LogP contribution in [0.4, 0.5) is 0 Å². The maximum absolute atomic E-state index is 12.9. The first-order valence-electron chi connectivity index (χ1n) is 36.0. The van der Waals surface area contributed by atoms with Crippen LogP contribution in [0, 0.1) is 0 Å². The molecule has 0 saturated carbocycles. The van der Waals surface area contributed by atoms with Gasteiger partial charge in [0, 0.05) is 19.3 Å². The molecule has 0 bridgehead atoms. The van der Waals surface area contributed by atoms with Crippen molar-refractivity contribution in [3.05, 3.63) is 36.5 Å². The minimum Gasteiger partial charge on any atom is -0.462 e. The minimum atomic E-state index is -0.768. The number of hydrogen-bond acceptors (Lipinski definition) is 6. The quantitative estimate of drug-likeness (QED) is 0.0261. The Hall–Kier alpha value is -2.37. The lowest BCUT2D eigenvalue weighted by molar-refractivity contribution is -0.167. The van der Waals surface area contributed by atoms with Gasteiger partial charge in [0.2, 0.25) is 0 Å². The van der Waals surface area contributed by atoms with Crippen molar-refractivity contribution in [1.82, 2.24) is 0 Å². The second-order valence-electron chi connectivity index (χ2n) is 24.5. The Morgan fingerprint density at radius 2 is 0.450 bits per heavy atom. The summed E-state index contributed by atoms with van der Waals surface area (Å²) in [6.07, 6.45) is 86.3. The van der Waals surface area contributed by atoms with Crippen LogP contribution in [0.5, 0.6) is 0 Å². The van der Waals surface area contributed by atoms with Gasteiger partial charge in [-0.15, -0.1) is 0 Å². The summed E-state index contributed by atoms with van der Waals surface area (Å²) < 4.78 is 16.9. The second-order valence-corrected chi connectivity index (χ2v) is 24.5. The zero-order valence-electron chi connectivity index (χ0n) is 54.1. The van der Waals surface area contributed by atoms with Gasteiger partial charge in [-0.05, 0) is 77.0 Å². The van der Waals surface area contributed by atoms with E-state index in [2.05, 4.69) is 57.2 Å². The van der Waals surface area contributed by atoms with Crippen molar-refractivity contribution in [2.24, 2.45) is 0 Å². The van der Waals surface area contributed by atoms with Gasteiger partial charge < -0.3 is 14.2 Å². The molecular weight excluding hydrogens is 985 g/mol. The summed E-state index contributed by atoms with van der Waals surface area (Å²) in [6.45, 7) is 6.67. The molecule has 0 aliphatic heterocycles. The van der Waals surface area contributed by atoms with Gasteiger partial charge in [-0.3, -0.25) is 14.4 Å². The number of unbranched alkanes of at least 4 members (excludes halogenated alkanes) is 50. The van der Waals surface area contributed by atoms with Gasteiger partial charge in [-0.25, -0.2) is 0 Å². The molecule has 6 heteroatoms. The average Bonchev–Trinajstić information content (AvgIpc) is 3.46. The van der Waals surface area contributed by atoms with Crippen LogP contribution in [-0.4, -0.2) is 37.2 Å². The SMILES string of the molecule is CCCCCCC/C=C\C/C=C\CCCCCCCCCCCCCCCCCCCCCC(=O)OCC(COC(=O)CCCCCCCCCC)OC(=O)CCCCCCCCCCCCC/C=C\CCCCCCCCCC. The number of carbonyl (C=O) groups excluding carboxylic acids is 3. The van der Waals surface area contributed by atoms with Gasteiger partial charge >= 0.3 is 17.9 Å². The summed E-state index contributed by atoms with van der Waals surface area (Å²) in [4.78, 5) is 38.2. The number of esters is 3. The number of carbonyl (C=O) groups is 3. The van der Waals surface area contributed by atoms with E-state index in [0.29, 0.717) is 19.3 Å². The highest BCUT2D eigenvalue weighted by Gasteiger charge is 2.19. The lowest BCUT2D eigenvalue weighted by Crippen LogP contribution is -2.30. The van der Waals surface area contributed by atoms with E-state index in [-0.39, 0.29) is 31.1 Å². The van der Waals surface area contributed by atoms with Crippen LogP contribution in [0.1, 0.15) is 400 Å². The first-order valence-corrected chi connectivity index (χ1v) is 36.0. The molecule has 0 spiro atoms. The normalized spacial score (nSPS) is 12.2. The molecule has 0 amide bonds. The van der Waals surface area contributed by atoms with Crippen LogP contribution in [0.2, 0.25) is 0 Å². The summed E-state index contributed by atoms with van der Waals surface area (Å²) in [7, 11) is 0. The summed E-state index contributed by atoms with van der Waals surface area (Å²) >= 11 is 0. The van der Waals surface area contributed by atoms with Crippen molar-refractivity contribution in [2.75, 3.05) is 13.2 Å². The molecule has 1 atom stereocenters. The highest BCUT2D eigenvalue weighted by molar-refractivity contribution is 5.71. The fourth-order valence-corrected chi connectivity index (χ4v) is 10.9. The van der Waals surface area contributed by atoms with Crippen LogP contribution in [0.25, 0.3) is 0 Å². The fraction of sp³-hybridized carbons (Fsp3) is 0.878. The maximum Gasteiger partial charge on any atom is 0.306 e. The third kappa shape index (κ3) is 66.4. The molecule has 0 aromatic rings. The molecule has 0 N–H and O–H groups in total. The maximum atomic E-state index is 12.9. The Morgan fingerprint density at radius 3 is 0.700 bits per heavy atom. The third-order valence-electron chi connectivity index (χ3n) is 16.4. The Bertz CT molecular complexity index is 1340. The van der Waals surface area contributed by atoms with Crippen LogP contribution in [-0.2, 0) is 28.6 Å². The molecule has 6 nitrogen and oxygen atoms in total. The summed E-state index contributed by atoms with van der Waals surface area (Å²) in [6, 6.07) is 0. The Labute approximate surface area is 499 Å². The fourth-order valence-electron chi connectivity index (χ4n) is 10.9. The lowest BCUT2D eigenvalue weighted by atomic mass is 10.0. The van der Waals surface area contributed by atoms with Gasteiger partial charge in [-0.1, -0.05) is 340 Å². The molecule has 0 fully saturated rings. The van der Waals surface area contributed by atoms with Crippen molar-refractivity contribution in [1.29, 1.82) is 0 Å². The standard InChI is InChI=1S/C74H138O6/c1-4-7-10-13-16-19-21-23-25-27-29-31-33-34-35-36-37-38-39-40-42-43-45-47-49-51-53-55-58-61-64-67-73(76)79-70-71(69-78-72(75)66-63-60-57-18-15-12-9-6-3)80-74(77)68-65-62-59-56-54-52-50-48-46-44-41-32-30-28-26-24-22-20-17-14-11-8-5-2/h21,23,27-30,71H,4-20,22,24-26,31-70H2,1-3H3/b23-21-,29-27-,30-28-. The van der Waals surface area contributed by atoms with Crippen molar-refractivity contribution >= 4 is 17.9 Å². The Morgan fingerprint density at radius 1 is 0.250 bits per heavy atom. The molecule has 0 aromatic heterocycles. The van der Waals surface area contributed by atoms with Crippen LogP contribution < -0.4 is 0 Å². The van der Waals surface area contributed by atoms with Crippen molar-refractivity contribution < 1.29 is 28.6 Å². The molecule has 0 saturated heterocycles. The van der Waals surface area contributed by atoms with E-state index in [1.165, 1.54) is 295 Å². The second kappa shape index (κ2) is 69.1. The molecule has 0 rings (SSSR count). The highest BCUT2D eigenvalue weighted by atomic mass is 16.6. The molecule has 0 radical (unpaired) electrons. The Kier molecular flexibility index (Phi) is 67.1. The smallest absolute Gasteiger partial charge is 0.306 e. The Balaban J connectivity index is 4.03.